The number of esters is 1. The summed E-state index contributed by atoms with van der Waals surface area (Å²) in [5.74, 6) is -1.13. The number of hydrogen-bond acceptors (Lipinski definition) is 6. The molecule has 1 amide bonds. The van der Waals surface area contributed by atoms with Gasteiger partial charge in [0.25, 0.3) is 0 Å². The van der Waals surface area contributed by atoms with Gasteiger partial charge in [0.15, 0.2) is 0 Å². The van der Waals surface area contributed by atoms with Gasteiger partial charge in [-0.15, -0.1) is 0 Å². The number of hydrogen-bond donors (Lipinski definition) is 1. The molecule has 0 bridgehead atoms. The van der Waals surface area contributed by atoms with Crippen LogP contribution in [0.25, 0.3) is 0 Å². The fraction of sp³-hybridized carbons (Fsp3) is 0.353. The quantitative estimate of drug-likeness (QED) is 0.743. The summed E-state index contributed by atoms with van der Waals surface area (Å²) in [7, 11) is 1.20. The molecule has 124 valence electrons. The highest BCUT2D eigenvalue weighted by Crippen LogP contribution is 2.50. The number of ether oxygens (including phenoxy) is 1. The second kappa shape index (κ2) is 4.91. The molecule has 0 unspecified atom stereocenters. The predicted molar refractivity (Wildman–Crippen MR) is 81.3 cm³/mol. The molecule has 4 rings (SSSR count). The van der Waals surface area contributed by atoms with Crippen molar-refractivity contribution < 1.29 is 23.8 Å². The zero-order valence-electron chi connectivity index (χ0n) is 12.9. The lowest BCUT2D eigenvalue weighted by molar-refractivity contribution is -0.130. The first kappa shape index (κ1) is 14.9. The van der Waals surface area contributed by atoms with Gasteiger partial charge in [0.05, 0.1) is 18.8 Å². The lowest BCUT2D eigenvalue weighted by Crippen LogP contribution is -2.53. The van der Waals surface area contributed by atoms with E-state index in [0.717, 1.165) is 0 Å². The lowest BCUT2D eigenvalue weighted by atomic mass is 9.72. The van der Waals surface area contributed by atoms with Crippen molar-refractivity contribution in [1.82, 2.24) is 4.90 Å². The van der Waals surface area contributed by atoms with Gasteiger partial charge in [0.2, 0.25) is 11.7 Å². The molecule has 1 aromatic rings. The van der Waals surface area contributed by atoms with E-state index >= 15 is 0 Å². The molecule has 2 aliphatic heterocycles. The Morgan fingerprint density at radius 3 is 3.00 bits per heavy atom. The minimum atomic E-state index is -0.933. The SMILES string of the molecule is COC(=O)c1cc2c(c(=O)o1)CCN1C(=O)C=C3C=C[C@H](O)C[C@]321. The van der Waals surface area contributed by atoms with Crippen molar-refractivity contribution in [2.24, 2.45) is 0 Å². The molecule has 0 radical (unpaired) electrons. The van der Waals surface area contributed by atoms with Gasteiger partial charge in [-0.2, -0.15) is 0 Å². The summed E-state index contributed by atoms with van der Waals surface area (Å²) in [6.07, 6.45) is 4.66. The zero-order chi connectivity index (χ0) is 17.1. The van der Waals surface area contributed by atoms with Crippen LogP contribution in [0.15, 0.2) is 39.1 Å². The van der Waals surface area contributed by atoms with Crippen LogP contribution in [0.4, 0.5) is 0 Å². The van der Waals surface area contributed by atoms with Gasteiger partial charge in [-0.05, 0) is 23.6 Å². The van der Waals surface area contributed by atoms with E-state index in [1.165, 1.54) is 19.3 Å². The molecule has 0 saturated carbocycles. The second-order valence-corrected chi connectivity index (χ2v) is 6.11. The van der Waals surface area contributed by atoms with Crippen LogP contribution in [-0.2, 0) is 21.5 Å². The third kappa shape index (κ3) is 1.78. The molecule has 24 heavy (non-hydrogen) atoms. The minimum Gasteiger partial charge on any atom is -0.463 e. The summed E-state index contributed by atoms with van der Waals surface area (Å²) >= 11 is 0. The maximum atomic E-state index is 12.4. The van der Waals surface area contributed by atoms with Gasteiger partial charge in [-0.1, -0.05) is 12.2 Å². The van der Waals surface area contributed by atoms with Crippen LogP contribution in [0.1, 0.15) is 28.1 Å². The Kier molecular flexibility index (Phi) is 3.05. The van der Waals surface area contributed by atoms with E-state index in [1.807, 2.05) is 0 Å². The highest BCUT2D eigenvalue weighted by atomic mass is 16.5. The summed E-state index contributed by atoms with van der Waals surface area (Å²) in [5, 5.41) is 10.2. The fourth-order valence-electron chi connectivity index (χ4n) is 3.94. The average molecular weight is 329 g/mol. The van der Waals surface area contributed by atoms with Crippen molar-refractivity contribution in [1.29, 1.82) is 0 Å². The van der Waals surface area contributed by atoms with Crippen molar-refractivity contribution >= 4 is 11.9 Å². The Morgan fingerprint density at radius 1 is 1.46 bits per heavy atom. The second-order valence-electron chi connectivity index (χ2n) is 6.11. The Labute approximate surface area is 136 Å². The molecule has 7 nitrogen and oxygen atoms in total. The van der Waals surface area contributed by atoms with Crippen LogP contribution in [0, 0.1) is 0 Å². The molecular weight excluding hydrogens is 314 g/mol. The van der Waals surface area contributed by atoms with E-state index in [9.17, 15) is 19.5 Å². The van der Waals surface area contributed by atoms with E-state index < -0.39 is 23.2 Å². The summed E-state index contributed by atoms with van der Waals surface area (Å²) in [6, 6.07) is 1.47. The average Bonchev–Trinajstić information content (AvgIpc) is 2.86. The number of methoxy groups -OCH3 is 1. The lowest BCUT2D eigenvalue weighted by Gasteiger charge is -2.47. The van der Waals surface area contributed by atoms with Gasteiger partial charge in [0, 0.05) is 24.6 Å². The number of aliphatic hydroxyl groups excluding tert-OH is 1. The van der Waals surface area contributed by atoms with Crippen LogP contribution in [-0.4, -0.2) is 41.6 Å². The van der Waals surface area contributed by atoms with Crippen LogP contribution >= 0.6 is 0 Å². The molecule has 1 aliphatic carbocycles. The van der Waals surface area contributed by atoms with Gasteiger partial charge in [-0.3, -0.25) is 4.79 Å². The maximum absolute atomic E-state index is 12.4. The van der Waals surface area contributed by atoms with E-state index in [4.69, 9.17) is 4.42 Å². The summed E-state index contributed by atoms with van der Waals surface area (Å²) in [4.78, 5) is 38.2. The van der Waals surface area contributed by atoms with Gasteiger partial charge < -0.3 is 19.2 Å². The minimum absolute atomic E-state index is 0.165. The normalized spacial score (nSPS) is 27.2. The molecule has 2 atom stereocenters. The van der Waals surface area contributed by atoms with E-state index in [2.05, 4.69) is 4.74 Å². The van der Waals surface area contributed by atoms with Crippen molar-refractivity contribution in [2.45, 2.75) is 24.5 Å². The van der Waals surface area contributed by atoms with Crippen LogP contribution in [0.2, 0.25) is 0 Å². The Morgan fingerprint density at radius 2 is 2.25 bits per heavy atom. The van der Waals surface area contributed by atoms with Gasteiger partial charge >= 0.3 is 11.6 Å². The molecule has 3 heterocycles. The summed E-state index contributed by atoms with van der Waals surface area (Å²) < 4.78 is 9.71. The molecule has 0 aromatic carbocycles. The van der Waals surface area contributed by atoms with Crippen molar-refractivity contribution in [3.63, 3.8) is 0 Å². The first-order chi connectivity index (χ1) is 11.5. The highest BCUT2D eigenvalue weighted by molar-refractivity contribution is 5.95. The van der Waals surface area contributed by atoms with Crippen LogP contribution < -0.4 is 5.63 Å². The number of aliphatic hydroxyl groups is 1. The molecule has 0 fully saturated rings. The van der Waals surface area contributed by atoms with Crippen LogP contribution in [0.5, 0.6) is 0 Å². The number of fused-ring (bicyclic) bond motifs is 1. The van der Waals surface area contributed by atoms with Gasteiger partial charge in [-0.25, -0.2) is 9.59 Å². The Bertz CT molecular complexity index is 880. The van der Waals surface area contributed by atoms with E-state index in [1.54, 1.807) is 17.1 Å². The van der Waals surface area contributed by atoms with Gasteiger partial charge in [0.1, 0.15) is 0 Å². The van der Waals surface area contributed by atoms with Crippen molar-refractivity contribution in [2.75, 3.05) is 13.7 Å². The smallest absolute Gasteiger partial charge is 0.374 e. The molecule has 3 aliphatic rings. The summed E-state index contributed by atoms with van der Waals surface area (Å²) in [5.41, 5.74) is 0.134. The monoisotopic (exact) mass is 329 g/mol. The largest absolute Gasteiger partial charge is 0.463 e. The van der Waals surface area contributed by atoms with E-state index in [0.29, 0.717) is 29.7 Å². The summed E-state index contributed by atoms with van der Waals surface area (Å²) in [6.45, 7) is 0.356. The number of rotatable bonds is 1. The fourth-order valence-corrected chi connectivity index (χ4v) is 3.94. The topological polar surface area (TPSA) is 97.1 Å². The van der Waals surface area contributed by atoms with E-state index in [-0.39, 0.29) is 18.1 Å². The highest BCUT2D eigenvalue weighted by Gasteiger charge is 2.53. The maximum Gasteiger partial charge on any atom is 0.374 e. The number of carbonyl (C=O) groups excluding carboxylic acids is 2. The van der Waals surface area contributed by atoms with Crippen molar-refractivity contribution in [3.8, 4) is 0 Å². The third-order valence-electron chi connectivity index (χ3n) is 4.95. The third-order valence-corrected chi connectivity index (χ3v) is 4.95. The first-order valence-electron chi connectivity index (χ1n) is 7.63. The number of nitrogens with zero attached hydrogens (tertiary/aromatic N) is 1. The molecule has 0 saturated heterocycles. The Balaban J connectivity index is 2.00. The first-order valence-corrected chi connectivity index (χ1v) is 7.63. The Hall–Kier alpha value is -2.67. The van der Waals surface area contributed by atoms with Crippen molar-refractivity contribution in [3.05, 3.63) is 57.2 Å². The predicted octanol–water partition coefficient (Wildman–Crippen LogP) is 0.267. The molecule has 1 spiro atoms. The van der Waals surface area contributed by atoms with Crippen LogP contribution in [0.3, 0.4) is 0 Å². The number of amides is 1. The molecular formula is C17H15NO6. The zero-order valence-corrected chi connectivity index (χ0v) is 12.9. The number of carbonyl (C=O) groups is 2. The molecule has 1 aromatic heterocycles. The molecule has 1 N–H and O–H groups in total. The molecule has 7 heteroatoms. The standard InChI is InChI=1S/C17H15NO6/c1-23-16(22)13-7-12-11(15(21)24-13)4-5-18-14(20)6-9-2-3-10(19)8-17(9,12)18/h2-3,6-7,10,19H,4-5,8H2,1H3/t10-,17-/m0/s1.